The van der Waals surface area contributed by atoms with Gasteiger partial charge >= 0.3 is 0 Å². The van der Waals surface area contributed by atoms with E-state index in [1.807, 2.05) is 25.1 Å². The van der Waals surface area contributed by atoms with E-state index in [0.717, 1.165) is 19.5 Å². The van der Waals surface area contributed by atoms with Gasteiger partial charge in [-0.25, -0.2) is 13.1 Å². The molecular weight excluding hydrogens is 260 g/mol. The van der Waals surface area contributed by atoms with Gasteiger partial charge in [0, 0.05) is 6.54 Å². The molecule has 0 aromatic heterocycles. The van der Waals surface area contributed by atoms with Crippen LogP contribution in [0.4, 0.5) is 0 Å². The van der Waals surface area contributed by atoms with Gasteiger partial charge in [-0.05, 0) is 44.8 Å². The fourth-order valence-corrected chi connectivity index (χ4v) is 3.91. The van der Waals surface area contributed by atoms with Gasteiger partial charge in [0.15, 0.2) is 0 Å². The molecule has 0 atom stereocenters. The summed E-state index contributed by atoms with van der Waals surface area (Å²) in [6.45, 7) is 4.12. The molecule has 0 aliphatic carbocycles. The molecule has 0 bridgehead atoms. The average molecular weight is 282 g/mol. The average Bonchev–Trinajstić information content (AvgIpc) is 2.40. The zero-order valence-electron chi connectivity index (χ0n) is 11.4. The Morgan fingerprint density at radius 2 is 2.05 bits per heavy atom. The molecule has 2 N–H and O–H groups in total. The molecule has 1 fully saturated rings. The Kier molecular flexibility index (Phi) is 4.96. The quantitative estimate of drug-likeness (QED) is 0.853. The topological polar surface area (TPSA) is 58.2 Å². The zero-order chi connectivity index (χ0) is 13.7. The van der Waals surface area contributed by atoms with Crippen LogP contribution >= 0.6 is 0 Å². The summed E-state index contributed by atoms with van der Waals surface area (Å²) in [6, 6.07) is 8.18. The van der Waals surface area contributed by atoms with Crippen molar-refractivity contribution >= 4 is 10.0 Å². The third-order valence-corrected chi connectivity index (χ3v) is 5.48. The highest BCUT2D eigenvalue weighted by atomic mass is 32.2. The van der Waals surface area contributed by atoms with Crippen LogP contribution in [0.5, 0.6) is 0 Å². The largest absolute Gasteiger partial charge is 0.317 e. The fraction of sp³-hybridized carbons (Fsp3) is 0.571. The molecule has 1 aliphatic rings. The monoisotopic (exact) mass is 282 g/mol. The summed E-state index contributed by atoms with van der Waals surface area (Å²) in [5.41, 5.74) is 2.38. The Morgan fingerprint density at radius 3 is 2.74 bits per heavy atom. The second kappa shape index (κ2) is 6.50. The molecule has 1 heterocycles. The Bertz CT molecular complexity index is 508. The maximum Gasteiger partial charge on any atom is 0.214 e. The maximum atomic E-state index is 12.1. The summed E-state index contributed by atoms with van der Waals surface area (Å²) in [5, 5.41) is 2.95. The van der Waals surface area contributed by atoms with Gasteiger partial charge in [-0.15, -0.1) is 0 Å². The molecule has 1 saturated heterocycles. The van der Waals surface area contributed by atoms with Crippen LogP contribution in [0.25, 0.3) is 0 Å². The molecule has 0 unspecified atom stereocenters. The van der Waals surface area contributed by atoms with E-state index in [9.17, 15) is 8.42 Å². The van der Waals surface area contributed by atoms with E-state index < -0.39 is 10.0 Å². The van der Waals surface area contributed by atoms with Crippen LogP contribution in [-0.2, 0) is 16.4 Å². The first-order valence-electron chi connectivity index (χ1n) is 6.83. The number of benzene rings is 1. The van der Waals surface area contributed by atoms with Crippen LogP contribution in [0.15, 0.2) is 24.3 Å². The molecule has 4 nitrogen and oxygen atoms in total. The van der Waals surface area contributed by atoms with Gasteiger partial charge in [0.05, 0.1) is 5.25 Å². The number of aryl methyl sites for hydroxylation is 1. The third kappa shape index (κ3) is 4.30. The lowest BCUT2D eigenvalue weighted by molar-refractivity contribution is 0.489. The first-order chi connectivity index (χ1) is 9.08. The molecule has 2 rings (SSSR count). The van der Waals surface area contributed by atoms with Gasteiger partial charge in [0.1, 0.15) is 0 Å². The van der Waals surface area contributed by atoms with Crippen molar-refractivity contribution in [3.8, 4) is 0 Å². The minimum Gasteiger partial charge on any atom is -0.317 e. The van der Waals surface area contributed by atoms with Gasteiger partial charge < -0.3 is 5.32 Å². The van der Waals surface area contributed by atoms with Gasteiger partial charge in [-0.3, -0.25) is 0 Å². The fourth-order valence-electron chi connectivity index (χ4n) is 2.43. The third-order valence-electron chi connectivity index (χ3n) is 3.52. The molecular formula is C14H22N2O2S. The van der Waals surface area contributed by atoms with Gasteiger partial charge in [0.2, 0.25) is 10.0 Å². The van der Waals surface area contributed by atoms with Crippen LogP contribution < -0.4 is 10.0 Å². The molecule has 5 heteroatoms. The molecule has 1 aromatic carbocycles. The molecule has 1 aliphatic heterocycles. The minimum absolute atomic E-state index is 0.230. The Balaban J connectivity index is 1.84. The van der Waals surface area contributed by atoms with E-state index >= 15 is 0 Å². The minimum atomic E-state index is -3.15. The second-order valence-corrected chi connectivity index (χ2v) is 7.17. The van der Waals surface area contributed by atoms with Crippen molar-refractivity contribution in [3.63, 3.8) is 0 Å². The van der Waals surface area contributed by atoms with Crippen molar-refractivity contribution in [2.75, 3.05) is 19.6 Å². The van der Waals surface area contributed by atoms with E-state index in [2.05, 4.69) is 16.1 Å². The lowest BCUT2D eigenvalue weighted by Crippen LogP contribution is -2.42. The van der Waals surface area contributed by atoms with Crippen molar-refractivity contribution in [1.82, 2.24) is 10.0 Å². The second-order valence-electron chi connectivity index (χ2n) is 5.13. The molecule has 106 valence electrons. The predicted octanol–water partition coefficient (Wildman–Crippen LogP) is 1.21. The Labute approximate surface area is 115 Å². The van der Waals surface area contributed by atoms with E-state index in [4.69, 9.17) is 0 Å². The number of hydrogen-bond donors (Lipinski definition) is 2. The summed E-state index contributed by atoms with van der Waals surface area (Å²) >= 11 is 0. The highest BCUT2D eigenvalue weighted by molar-refractivity contribution is 7.90. The van der Waals surface area contributed by atoms with Crippen LogP contribution in [0.3, 0.4) is 0 Å². The molecule has 0 saturated carbocycles. The van der Waals surface area contributed by atoms with Gasteiger partial charge in [-0.2, -0.15) is 0 Å². The summed E-state index contributed by atoms with van der Waals surface area (Å²) in [5.74, 6) is 0. The SMILES string of the molecule is Cc1cccc(CCNS(=O)(=O)C2CCNCC2)c1. The first kappa shape index (κ1) is 14.5. The lowest BCUT2D eigenvalue weighted by atomic mass is 10.1. The smallest absolute Gasteiger partial charge is 0.214 e. The highest BCUT2D eigenvalue weighted by Gasteiger charge is 2.26. The molecule has 19 heavy (non-hydrogen) atoms. The van der Waals surface area contributed by atoms with E-state index in [0.29, 0.717) is 19.4 Å². The summed E-state index contributed by atoms with van der Waals surface area (Å²) < 4.78 is 26.9. The summed E-state index contributed by atoms with van der Waals surface area (Å²) in [7, 11) is -3.15. The number of hydrogen-bond acceptors (Lipinski definition) is 3. The molecule has 1 aromatic rings. The van der Waals surface area contributed by atoms with Crippen LogP contribution in [0, 0.1) is 6.92 Å². The van der Waals surface area contributed by atoms with E-state index in [1.165, 1.54) is 11.1 Å². The first-order valence-corrected chi connectivity index (χ1v) is 8.37. The van der Waals surface area contributed by atoms with Gasteiger partial charge in [0.25, 0.3) is 0 Å². The van der Waals surface area contributed by atoms with Crippen molar-refractivity contribution < 1.29 is 8.42 Å². The van der Waals surface area contributed by atoms with Crippen molar-refractivity contribution in [1.29, 1.82) is 0 Å². The Hall–Kier alpha value is -0.910. The normalized spacial score (nSPS) is 17.5. The predicted molar refractivity (Wildman–Crippen MR) is 77.7 cm³/mol. The van der Waals surface area contributed by atoms with Crippen molar-refractivity contribution in [2.24, 2.45) is 0 Å². The number of nitrogens with one attached hydrogen (secondary N) is 2. The van der Waals surface area contributed by atoms with Crippen LogP contribution in [-0.4, -0.2) is 33.3 Å². The Morgan fingerprint density at radius 1 is 1.32 bits per heavy atom. The molecule has 0 amide bonds. The van der Waals surface area contributed by atoms with E-state index in [1.54, 1.807) is 0 Å². The standard InChI is InChI=1S/C14H22N2O2S/c1-12-3-2-4-13(11-12)5-10-16-19(17,18)14-6-8-15-9-7-14/h2-4,11,14-16H,5-10H2,1H3. The molecule has 0 radical (unpaired) electrons. The van der Waals surface area contributed by atoms with Crippen LogP contribution in [0.2, 0.25) is 0 Å². The number of rotatable bonds is 5. The summed E-state index contributed by atoms with van der Waals surface area (Å²) in [6.07, 6.45) is 2.16. The lowest BCUT2D eigenvalue weighted by Gasteiger charge is -2.22. The summed E-state index contributed by atoms with van der Waals surface area (Å²) in [4.78, 5) is 0. The van der Waals surface area contributed by atoms with E-state index in [-0.39, 0.29) is 5.25 Å². The van der Waals surface area contributed by atoms with Crippen LogP contribution in [0.1, 0.15) is 24.0 Å². The van der Waals surface area contributed by atoms with Gasteiger partial charge in [-0.1, -0.05) is 29.8 Å². The number of sulfonamides is 1. The number of piperidine rings is 1. The highest BCUT2D eigenvalue weighted by Crippen LogP contribution is 2.12. The zero-order valence-corrected chi connectivity index (χ0v) is 12.2. The molecule has 0 spiro atoms. The van der Waals surface area contributed by atoms with Crippen molar-refractivity contribution in [3.05, 3.63) is 35.4 Å². The maximum absolute atomic E-state index is 12.1. The van der Waals surface area contributed by atoms with Crippen molar-refractivity contribution in [2.45, 2.75) is 31.4 Å².